The summed E-state index contributed by atoms with van der Waals surface area (Å²) in [6.45, 7) is 0.0676. The lowest BCUT2D eigenvalue weighted by molar-refractivity contribution is -0.137. The van der Waals surface area contributed by atoms with Crippen LogP contribution in [0, 0.1) is 0 Å². The Kier molecular flexibility index (Phi) is 5.58. The molecule has 3 aromatic rings. The molecular formula is C20H16F3N3O2. The van der Waals surface area contributed by atoms with Crippen LogP contribution in [0.1, 0.15) is 15.9 Å². The van der Waals surface area contributed by atoms with Crippen LogP contribution in [-0.2, 0) is 12.7 Å². The van der Waals surface area contributed by atoms with E-state index in [-0.39, 0.29) is 18.6 Å². The normalized spacial score (nSPS) is 11.2. The Morgan fingerprint density at radius 1 is 1.04 bits per heavy atom. The average Bonchev–Trinajstić information content (AvgIpc) is 2.69. The van der Waals surface area contributed by atoms with Crippen LogP contribution in [0.15, 0.2) is 71.8 Å². The maximum Gasteiger partial charge on any atom is 0.417 e. The molecule has 0 atom stereocenters. The van der Waals surface area contributed by atoms with Gasteiger partial charge < -0.3 is 5.32 Å². The van der Waals surface area contributed by atoms with E-state index in [4.69, 9.17) is 0 Å². The first-order valence-electron chi connectivity index (χ1n) is 8.42. The molecule has 0 radical (unpaired) electrons. The summed E-state index contributed by atoms with van der Waals surface area (Å²) in [6.07, 6.45) is -3.28. The molecule has 0 spiro atoms. The Morgan fingerprint density at radius 2 is 1.71 bits per heavy atom. The first kappa shape index (κ1) is 19.3. The van der Waals surface area contributed by atoms with Gasteiger partial charge in [-0.25, -0.2) is 4.98 Å². The Bertz CT molecular complexity index is 1030. The zero-order chi connectivity index (χ0) is 20.1. The number of nitrogens with zero attached hydrogens (tertiary/aromatic N) is 2. The number of halogens is 3. The van der Waals surface area contributed by atoms with Crippen molar-refractivity contribution in [2.75, 3.05) is 6.54 Å². The van der Waals surface area contributed by atoms with Crippen LogP contribution in [0.25, 0.3) is 11.3 Å². The predicted octanol–water partition coefficient (Wildman–Crippen LogP) is 3.36. The molecule has 5 nitrogen and oxygen atoms in total. The molecule has 1 aromatic heterocycles. The smallest absolute Gasteiger partial charge is 0.350 e. The fourth-order valence-corrected chi connectivity index (χ4v) is 2.67. The molecular weight excluding hydrogens is 371 g/mol. The fraction of sp³-hybridized carbons (Fsp3) is 0.150. The van der Waals surface area contributed by atoms with Gasteiger partial charge in [0.25, 0.3) is 11.5 Å². The molecule has 0 saturated carbocycles. The quantitative estimate of drug-likeness (QED) is 0.730. The lowest BCUT2D eigenvalue weighted by atomic mass is 10.1. The highest BCUT2D eigenvalue weighted by molar-refractivity contribution is 5.95. The summed E-state index contributed by atoms with van der Waals surface area (Å²) in [5.74, 6) is -0.852. The van der Waals surface area contributed by atoms with Crippen molar-refractivity contribution in [2.45, 2.75) is 12.7 Å². The Hall–Kier alpha value is -3.42. The second-order valence-electron chi connectivity index (χ2n) is 5.97. The predicted molar refractivity (Wildman–Crippen MR) is 97.7 cm³/mol. The molecule has 0 saturated heterocycles. The molecule has 0 fully saturated rings. The van der Waals surface area contributed by atoms with E-state index in [0.29, 0.717) is 5.69 Å². The van der Waals surface area contributed by atoms with E-state index in [2.05, 4.69) is 10.3 Å². The molecule has 0 aliphatic heterocycles. The lowest BCUT2D eigenvalue weighted by Gasteiger charge is -2.13. The number of nitrogens with one attached hydrogen (secondary N) is 1. The Morgan fingerprint density at radius 3 is 2.39 bits per heavy atom. The Labute approximate surface area is 158 Å². The number of aromatic nitrogens is 2. The van der Waals surface area contributed by atoms with Gasteiger partial charge in [0.2, 0.25) is 0 Å². The van der Waals surface area contributed by atoms with E-state index in [1.165, 1.54) is 29.1 Å². The molecule has 3 rings (SSSR count). The van der Waals surface area contributed by atoms with E-state index in [1.54, 1.807) is 0 Å². The summed E-state index contributed by atoms with van der Waals surface area (Å²) in [4.78, 5) is 28.5. The first-order chi connectivity index (χ1) is 13.4. The second kappa shape index (κ2) is 8.08. The van der Waals surface area contributed by atoms with Crippen molar-refractivity contribution in [1.82, 2.24) is 14.9 Å². The number of hydrogen-bond donors (Lipinski definition) is 1. The highest BCUT2D eigenvalue weighted by atomic mass is 19.4. The third-order valence-electron chi connectivity index (χ3n) is 4.06. The van der Waals surface area contributed by atoms with Gasteiger partial charge in [-0.3, -0.25) is 14.2 Å². The number of rotatable bonds is 5. The molecule has 0 unspecified atom stereocenters. The number of alkyl halides is 3. The number of hydrogen-bond acceptors (Lipinski definition) is 3. The van der Waals surface area contributed by atoms with Crippen LogP contribution in [0.4, 0.5) is 13.2 Å². The first-order valence-corrected chi connectivity index (χ1v) is 8.42. The van der Waals surface area contributed by atoms with Crippen LogP contribution in [0.5, 0.6) is 0 Å². The van der Waals surface area contributed by atoms with Crippen molar-refractivity contribution in [3.63, 3.8) is 0 Å². The largest absolute Gasteiger partial charge is 0.417 e. The van der Waals surface area contributed by atoms with Gasteiger partial charge >= 0.3 is 6.18 Å². The molecule has 2 aromatic carbocycles. The molecule has 0 bridgehead atoms. The van der Waals surface area contributed by atoms with Gasteiger partial charge in [-0.05, 0) is 12.1 Å². The van der Waals surface area contributed by atoms with Crippen molar-refractivity contribution in [3.8, 4) is 11.3 Å². The van der Waals surface area contributed by atoms with Crippen molar-refractivity contribution < 1.29 is 18.0 Å². The molecule has 1 N–H and O–H groups in total. The van der Waals surface area contributed by atoms with Crippen LogP contribution < -0.4 is 10.9 Å². The van der Waals surface area contributed by atoms with Gasteiger partial charge in [0.15, 0.2) is 0 Å². The standard InChI is InChI=1S/C20H16F3N3O2/c21-20(22,23)16-9-5-4-8-15(16)19(28)24-10-11-26-13-25-17(12-18(26)27)14-6-2-1-3-7-14/h1-9,12-13H,10-11H2,(H,24,28). The SMILES string of the molecule is O=C(NCCn1cnc(-c2ccccc2)cc1=O)c1ccccc1C(F)(F)F. The third-order valence-corrected chi connectivity index (χ3v) is 4.06. The third kappa shape index (κ3) is 4.46. The van der Waals surface area contributed by atoms with E-state index in [0.717, 1.165) is 17.7 Å². The van der Waals surface area contributed by atoms with Gasteiger partial charge in [0.1, 0.15) is 0 Å². The summed E-state index contributed by atoms with van der Waals surface area (Å²) in [5, 5.41) is 2.41. The molecule has 0 aliphatic rings. The average molecular weight is 387 g/mol. The minimum absolute atomic E-state index is 0.0166. The summed E-state index contributed by atoms with van der Waals surface area (Å²) < 4.78 is 40.3. The van der Waals surface area contributed by atoms with E-state index in [9.17, 15) is 22.8 Å². The van der Waals surface area contributed by atoms with Crippen molar-refractivity contribution in [3.05, 3.63) is 88.5 Å². The number of carbonyl (C=O) groups excluding carboxylic acids is 1. The maximum absolute atomic E-state index is 13.0. The lowest BCUT2D eigenvalue weighted by Crippen LogP contribution is -2.32. The van der Waals surface area contributed by atoms with Gasteiger partial charge in [-0.2, -0.15) is 13.2 Å². The zero-order valence-electron chi connectivity index (χ0n) is 14.6. The van der Waals surface area contributed by atoms with Crippen LogP contribution in [0.2, 0.25) is 0 Å². The zero-order valence-corrected chi connectivity index (χ0v) is 14.6. The minimum atomic E-state index is -4.62. The highest BCUT2D eigenvalue weighted by Gasteiger charge is 2.34. The fourth-order valence-electron chi connectivity index (χ4n) is 2.67. The summed E-state index contributed by atoms with van der Waals surface area (Å²) in [6, 6.07) is 15.1. The van der Waals surface area contributed by atoms with Gasteiger partial charge in [0, 0.05) is 24.7 Å². The van der Waals surface area contributed by atoms with Crippen molar-refractivity contribution in [1.29, 1.82) is 0 Å². The van der Waals surface area contributed by atoms with Gasteiger partial charge in [0.05, 0.1) is 23.1 Å². The number of benzene rings is 2. The minimum Gasteiger partial charge on any atom is -0.350 e. The molecule has 1 heterocycles. The highest BCUT2D eigenvalue weighted by Crippen LogP contribution is 2.31. The van der Waals surface area contributed by atoms with E-state index in [1.807, 2.05) is 30.3 Å². The number of amides is 1. The molecule has 8 heteroatoms. The van der Waals surface area contributed by atoms with Crippen LogP contribution in [0.3, 0.4) is 0 Å². The van der Waals surface area contributed by atoms with Crippen molar-refractivity contribution in [2.24, 2.45) is 0 Å². The topological polar surface area (TPSA) is 64.0 Å². The van der Waals surface area contributed by atoms with Crippen molar-refractivity contribution >= 4 is 5.91 Å². The monoisotopic (exact) mass is 387 g/mol. The van der Waals surface area contributed by atoms with Crippen LogP contribution in [-0.4, -0.2) is 22.0 Å². The van der Waals surface area contributed by atoms with E-state index >= 15 is 0 Å². The molecule has 144 valence electrons. The van der Waals surface area contributed by atoms with E-state index < -0.39 is 23.2 Å². The molecule has 1 amide bonds. The maximum atomic E-state index is 13.0. The molecule has 0 aliphatic carbocycles. The van der Waals surface area contributed by atoms with Crippen LogP contribution >= 0.6 is 0 Å². The van der Waals surface area contributed by atoms with Gasteiger partial charge in [-0.1, -0.05) is 42.5 Å². The molecule has 28 heavy (non-hydrogen) atoms. The summed E-state index contributed by atoms with van der Waals surface area (Å²) >= 11 is 0. The summed E-state index contributed by atoms with van der Waals surface area (Å²) in [7, 11) is 0. The number of carbonyl (C=O) groups is 1. The van der Waals surface area contributed by atoms with Gasteiger partial charge in [-0.15, -0.1) is 0 Å². The summed E-state index contributed by atoms with van der Waals surface area (Å²) in [5.41, 5.74) is -0.467. The second-order valence-corrected chi connectivity index (χ2v) is 5.97. The Balaban J connectivity index is 1.66.